The molecular formula is C18H20N2O7S. The summed E-state index contributed by atoms with van der Waals surface area (Å²) in [7, 11) is 0.782. The van der Waals surface area contributed by atoms with E-state index in [-0.39, 0.29) is 11.4 Å². The van der Waals surface area contributed by atoms with Crippen LogP contribution in [0.5, 0.6) is 17.2 Å². The molecule has 0 radical (unpaired) electrons. The van der Waals surface area contributed by atoms with Gasteiger partial charge in [-0.2, -0.15) is 0 Å². The number of hydrogen-bond acceptors (Lipinski definition) is 7. The number of H-pyrrole nitrogens is 1. The van der Waals surface area contributed by atoms with Gasteiger partial charge in [0.05, 0.1) is 31.7 Å². The van der Waals surface area contributed by atoms with Crippen LogP contribution in [0.1, 0.15) is 5.56 Å². The van der Waals surface area contributed by atoms with Crippen molar-refractivity contribution in [1.82, 2.24) is 9.71 Å². The zero-order valence-corrected chi connectivity index (χ0v) is 16.4. The molecule has 150 valence electrons. The summed E-state index contributed by atoms with van der Waals surface area (Å²) in [6.45, 7) is 0.154. The van der Waals surface area contributed by atoms with E-state index >= 15 is 0 Å². The van der Waals surface area contributed by atoms with Crippen LogP contribution in [0.4, 0.5) is 0 Å². The second kappa shape index (κ2) is 7.95. The lowest BCUT2D eigenvalue weighted by molar-refractivity contribution is 0.324. The van der Waals surface area contributed by atoms with E-state index < -0.39 is 15.8 Å². The van der Waals surface area contributed by atoms with Crippen molar-refractivity contribution in [3.63, 3.8) is 0 Å². The Morgan fingerprint density at radius 1 is 1.04 bits per heavy atom. The molecule has 0 bridgehead atoms. The summed E-state index contributed by atoms with van der Waals surface area (Å²) in [5.74, 6) is 0.819. The van der Waals surface area contributed by atoms with Crippen molar-refractivity contribution in [2.75, 3.05) is 27.9 Å². The molecule has 0 saturated heterocycles. The number of ether oxygens (including phenoxy) is 3. The fourth-order valence-corrected chi connectivity index (χ4v) is 3.85. The average Bonchev–Trinajstić information content (AvgIpc) is 3.06. The number of benzene rings is 2. The number of methoxy groups -OCH3 is 3. The topological polar surface area (TPSA) is 120 Å². The van der Waals surface area contributed by atoms with E-state index in [0.717, 1.165) is 5.56 Å². The first kappa shape index (κ1) is 19.8. The quantitative estimate of drug-likeness (QED) is 0.582. The summed E-state index contributed by atoms with van der Waals surface area (Å²) >= 11 is 0. The molecule has 2 aromatic carbocycles. The zero-order valence-electron chi connectivity index (χ0n) is 15.6. The second-order valence-electron chi connectivity index (χ2n) is 5.85. The molecule has 2 N–H and O–H groups in total. The van der Waals surface area contributed by atoms with Gasteiger partial charge in [0, 0.05) is 6.54 Å². The lowest BCUT2D eigenvalue weighted by Gasteiger charge is -2.14. The van der Waals surface area contributed by atoms with Crippen molar-refractivity contribution in [2.24, 2.45) is 0 Å². The van der Waals surface area contributed by atoms with E-state index in [1.165, 1.54) is 39.5 Å². The third-order valence-electron chi connectivity index (χ3n) is 4.13. The molecule has 0 spiro atoms. The zero-order chi connectivity index (χ0) is 20.3. The predicted molar refractivity (Wildman–Crippen MR) is 102 cm³/mol. The smallest absolute Gasteiger partial charge is 0.417 e. The molecule has 0 amide bonds. The Bertz CT molecular complexity index is 1120. The van der Waals surface area contributed by atoms with Crippen molar-refractivity contribution in [3.8, 4) is 17.2 Å². The van der Waals surface area contributed by atoms with E-state index in [1.54, 1.807) is 12.1 Å². The van der Waals surface area contributed by atoms with Crippen LogP contribution in [-0.4, -0.2) is 41.3 Å². The Labute approximate surface area is 161 Å². The highest BCUT2D eigenvalue weighted by molar-refractivity contribution is 7.89. The number of sulfonamides is 1. The van der Waals surface area contributed by atoms with Gasteiger partial charge in [-0.1, -0.05) is 0 Å². The van der Waals surface area contributed by atoms with E-state index in [0.29, 0.717) is 34.8 Å². The third kappa shape index (κ3) is 3.97. The molecule has 0 unspecified atom stereocenters. The SMILES string of the molecule is COc1cc(CCNS(=O)(=O)c2ccc3oc(=O)[nH]c3c2)cc(OC)c1OC. The number of fused-ring (bicyclic) bond motifs is 1. The van der Waals surface area contributed by atoms with Gasteiger partial charge in [-0.25, -0.2) is 17.9 Å². The summed E-state index contributed by atoms with van der Waals surface area (Å²) < 4.78 is 48.3. The second-order valence-corrected chi connectivity index (χ2v) is 7.62. The molecule has 0 saturated carbocycles. The molecule has 0 atom stereocenters. The summed E-state index contributed by atoms with van der Waals surface area (Å²) in [5.41, 5.74) is 1.42. The van der Waals surface area contributed by atoms with Crippen molar-refractivity contribution in [1.29, 1.82) is 0 Å². The van der Waals surface area contributed by atoms with E-state index in [9.17, 15) is 13.2 Å². The lowest BCUT2D eigenvalue weighted by atomic mass is 10.1. The molecule has 28 heavy (non-hydrogen) atoms. The number of hydrogen-bond donors (Lipinski definition) is 2. The van der Waals surface area contributed by atoms with Crippen LogP contribution in [0.2, 0.25) is 0 Å². The van der Waals surface area contributed by atoms with Gasteiger partial charge in [-0.15, -0.1) is 0 Å². The van der Waals surface area contributed by atoms with Crippen LogP contribution in [0.15, 0.2) is 44.4 Å². The van der Waals surface area contributed by atoms with Crippen molar-refractivity contribution < 1.29 is 27.0 Å². The highest BCUT2D eigenvalue weighted by Gasteiger charge is 2.17. The summed E-state index contributed by atoms with van der Waals surface area (Å²) in [6, 6.07) is 7.68. The Morgan fingerprint density at radius 3 is 2.32 bits per heavy atom. The monoisotopic (exact) mass is 408 g/mol. The Hall–Kier alpha value is -2.98. The maximum Gasteiger partial charge on any atom is 0.417 e. The Balaban J connectivity index is 1.75. The average molecular weight is 408 g/mol. The van der Waals surface area contributed by atoms with Crippen molar-refractivity contribution >= 4 is 21.1 Å². The van der Waals surface area contributed by atoms with E-state index in [4.69, 9.17) is 18.6 Å². The van der Waals surface area contributed by atoms with Crippen LogP contribution in [-0.2, 0) is 16.4 Å². The highest BCUT2D eigenvalue weighted by Crippen LogP contribution is 2.38. The fourth-order valence-electron chi connectivity index (χ4n) is 2.79. The van der Waals surface area contributed by atoms with Gasteiger partial charge in [-0.05, 0) is 42.3 Å². The largest absolute Gasteiger partial charge is 0.493 e. The predicted octanol–water partition coefficient (Wildman–Crippen LogP) is 1.67. The fraction of sp³-hybridized carbons (Fsp3) is 0.278. The van der Waals surface area contributed by atoms with Crippen molar-refractivity contribution in [2.45, 2.75) is 11.3 Å². The lowest BCUT2D eigenvalue weighted by Crippen LogP contribution is -2.26. The summed E-state index contributed by atoms with van der Waals surface area (Å²) in [4.78, 5) is 13.7. The van der Waals surface area contributed by atoms with Gasteiger partial charge in [0.1, 0.15) is 0 Å². The Kier molecular flexibility index (Phi) is 5.61. The van der Waals surface area contributed by atoms with Gasteiger partial charge in [0.15, 0.2) is 17.1 Å². The summed E-state index contributed by atoms with van der Waals surface area (Å²) in [6.07, 6.45) is 0.404. The van der Waals surface area contributed by atoms with Crippen LogP contribution >= 0.6 is 0 Å². The first-order valence-corrected chi connectivity index (χ1v) is 9.77. The third-order valence-corrected chi connectivity index (χ3v) is 5.59. The molecule has 0 fully saturated rings. The minimum atomic E-state index is -3.76. The number of oxazole rings is 1. The van der Waals surface area contributed by atoms with Crippen LogP contribution in [0.3, 0.4) is 0 Å². The number of rotatable bonds is 8. The first-order valence-electron chi connectivity index (χ1n) is 8.29. The standard InChI is InChI=1S/C18H20N2O7S/c1-24-15-8-11(9-16(25-2)17(15)26-3)6-7-19-28(22,23)12-4-5-14-13(10-12)20-18(21)27-14/h4-5,8-10,19H,6-7H2,1-3H3,(H,20,21). The normalized spacial score (nSPS) is 11.5. The Morgan fingerprint density at radius 2 is 1.71 bits per heavy atom. The van der Waals surface area contributed by atoms with Crippen LogP contribution < -0.4 is 24.7 Å². The van der Waals surface area contributed by atoms with E-state index in [2.05, 4.69) is 9.71 Å². The molecular weight excluding hydrogens is 388 g/mol. The molecule has 0 aliphatic heterocycles. The van der Waals surface area contributed by atoms with Gasteiger partial charge < -0.3 is 18.6 Å². The minimum Gasteiger partial charge on any atom is -0.493 e. The van der Waals surface area contributed by atoms with Gasteiger partial charge in [0.25, 0.3) is 0 Å². The first-order chi connectivity index (χ1) is 13.4. The maximum absolute atomic E-state index is 12.5. The molecule has 0 aliphatic carbocycles. The maximum atomic E-state index is 12.5. The molecule has 1 aromatic heterocycles. The highest BCUT2D eigenvalue weighted by atomic mass is 32.2. The van der Waals surface area contributed by atoms with Crippen LogP contribution in [0, 0.1) is 0 Å². The molecule has 10 heteroatoms. The molecule has 3 rings (SSSR count). The van der Waals surface area contributed by atoms with Gasteiger partial charge >= 0.3 is 5.76 Å². The molecule has 3 aromatic rings. The molecule has 0 aliphatic rings. The molecule has 1 heterocycles. The number of aromatic amines is 1. The number of aromatic nitrogens is 1. The van der Waals surface area contributed by atoms with Gasteiger partial charge in [-0.3, -0.25) is 4.98 Å². The summed E-state index contributed by atoms with van der Waals surface area (Å²) in [5, 5.41) is 0. The van der Waals surface area contributed by atoms with Crippen LogP contribution in [0.25, 0.3) is 11.1 Å². The van der Waals surface area contributed by atoms with Gasteiger partial charge in [0.2, 0.25) is 15.8 Å². The van der Waals surface area contributed by atoms with Crippen molar-refractivity contribution in [3.05, 3.63) is 46.4 Å². The number of nitrogens with one attached hydrogen (secondary N) is 2. The minimum absolute atomic E-state index is 0.0296. The molecule has 9 nitrogen and oxygen atoms in total. The van der Waals surface area contributed by atoms with E-state index in [1.807, 2.05) is 0 Å².